The molecule has 4 nitrogen and oxygen atoms in total. The third kappa shape index (κ3) is 3.27. The normalized spacial score (nSPS) is 11.0. The van der Waals surface area contributed by atoms with Crippen LogP contribution in [0, 0.1) is 0 Å². The number of aromatic hydroxyl groups is 1. The summed E-state index contributed by atoms with van der Waals surface area (Å²) in [4.78, 5) is 11.4. The number of benzene rings is 1. The van der Waals surface area contributed by atoms with Crippen molar-refractivity contribution < 1.29 is 9.90 Å². The van der Waals surface area contributed by atoms with Crippen molar-refractivity contribution in [1.82, 2.24) is 5.43 Å². The van der Waals surface area contributed by atoms with Gasteiger partial charge in [-0.2, -0.15) is 5.10 Å². The maximum Gasteiger partial charge on any atom is 0.275 e. The standard InChI is InChI=1S/C11H12N2O2/c1-2-3-8-12-13-11(15)9-6-4-5-7-10(9)14/h2-8,14H,1H3,(H,13,15)/b3-2+,12-8+. The zero-order chi connectivity index (χ0) is 11.1. The van der Waals surface area contributed by atoms with Crippen molar-refractivity contribution in [3.8, 4) is 5.75 Å². The summed E-state index contributed by atoms with van der Waals surface area (Å²) >= 11 is 0. The van der Waals surface area contributed by atoms with Crippen LogP contribution in [0.4, 0.5) is 0 Å². The number of hydrazone groups is 1. The molecule has 78 valence electrons. The molecule has 0 aliphatic heterocycles. The number of phenols is 1. The summed E-state index contributed by atoms with van der Waals surface area (Å²) < 4.78 is 0. The van der Waals surface area contributed by atoms with Crippen molar-refractivity contribution in [2.24, 2.45) is 5.10 Å². The molecule has 1 amide bonds. The predicted octanol–water partition coefficient (Wildman–Crippen LogP) is 1.68. The van der Waals surface area contributed by atoms with E-state index in [2.05, 4.69) is 10.5 Å². The number of nitrogens with one attached hydrogen (secondary N) is 1. The van der Waals surface area contributed by atoms with Crippen LogP contribution in [0.1, 0.15) is 17.3 Å². The van der Waals surface area contributed by atoms with Crippen LogP contribution in [-0.4, -0.2) is 17.2 Å². The van der Waals surface area contributed by atoms with E-state index in [0.29, 0.717) is 0 Å². The van der Waals surface area contributed by atoms with Crippen LogP contribution in [-0.2, 0) is 0 Å². The van der Waals surface area contributed by atoms with Gasteiger partial charge in [0.15, 0.2) is 0 Å². The molecule has 1 aromatic carbocycles. The second kappa shape index (κ2) is 5.59. The quantitative estimate of drug-likeness (QED) is 0.581. The third-order valence-corrected chi connectivity index (χ3v) is 1.67. The molecule has 0 aromatic heterocycles. The number of nitrogens with zero attached hydrogens (tertiary/aromatic N) is 1. The average Bonchev–Trinajstić information content (AvgIpc) is 2.25. The Morgan fingerprint density at radius 3 is 2.87 bits per heavy atom. The lowest BCUT2D eigenvalue weighted by Gasteiger charge is -2.01. The molecule has 0 radical (unpaired) electrons. The molecule has 0 spiro atoms. The van der Waals surface area contributed by atoms with Gasteiger partial charge in [0, 0.05) is 6.21 Å². The predicted molar refractivity (Wildman–Crippen MR) is 58.9 cm³/mol. The van der Waals surface area contributed by atoms with E-state index < -0.39 is 5.91 Å². The van der Waals surface area contributed by atoms with Crippen molar-refractivity contribution in [2.75, 3.05) is 0 Å². The molecule has 0 saturated carbocycles. The Balaban J connectivity index is 2.66. The highest BCUT2D eigenvalue weighted by Gasteiger charge is 2.07. The van der Waals surface area contributed by atoms with E-state index >= 15 is 0 Å². The van der Waals surface area contributed by atoms with E-state index in [-0.39, 0.29) is 11.3 Å². The number of amides is 1. The molecule has 1 aromatic rings. The number of para-hydroxylation sites is 1. The zero-order valence-electron chi connectivity index (χ0n) is 8.34. The first kappa shape index (κ1) is 11.0. The van der Waals surface area contributed by atoms with Gasteiger partial charge in [-0.3, -0.25) is 4.79 Å². The number of hydrogen-bond donors (Lipinski definition) is 2. The minimum Gasteiger partial charge on any atom is -0.507 e. The van der Waals surface area contributed by atoms with Crippen molar-refractivity contribution in [2.45, 2.75) is 6.92 Å². The SMILES string of the molecule is C/C=C/C=N/NC(=O)c1ccccc1O. The van der Waals surface area contributed by atoms with E-state index in [1.165, 1.54) is 18.3 Å². The fourth-order valence-electron chi connectivity index (χ4n) is 0.951. The lowest BCUT2D eigenvalue weighted by atomic mass is 10.2. The Morgan fingerprint density at radius 2 is 2.20 bits per heavy atom. The minimum atomic E-state index is -0.436. The molecular weight excluding hydrogens is 192 g/mol. The van der Waals surface area contributed by atoms with Gasteiger partial charge in [0.2, 0.25) is 0 Å². The van der Waals surface area contributed by atoms with Gasteiger partial charge in [-0.1, -0.05) is 18.2 Å². The highest BCUT2D eigenvalue weighted by Crippen LogP contribution is 2.14. The van der Waals surface area contributed by atoms with Gasteiger partial charge in [0.05, 0.1) is 5.56 Å². The Bertz CT molecular complexity index is 397. The molecular formula is C11H12N2O2. The molecule has 0 unspecified atom stereocenters. The number of carbonyl (C=O) groups is 1. The lowest BCUT2D eigenvalue weighted by molar-refractivity contribution is 0.0952. The van der Waals surface area contributed by atoms with Crippen molar-refractivity contribution >= 4 is 12.1 Å². The maximum atomic E-state index is 11.4. The fourth-order valence-corrected chi connectivity index (χ4v) is 0.951. The summed E-state index contributed by atoms with van der Waals surface area (Å²) in [7, 11) is 0. The highest BCUT2D eigenvalue weighted by molar-refractivity contribution is 5.97. The van der Waals surface area contributed by atoms with Gasteiger partial charge in [0.1, 0.15) is 5.75 Å². The fraction of sp³-hybridized carbons (Fsp3) is 0.0909. The summed E-state index contributed by atoms with van der Waals surface area (Å²) in [5.74, 6) is -0.495. The van der Waals surface area contributed by atoms with Crippen molar-refractivity contribution in [3.63, 3.8) is 0 Å². The van der Waals surface area contributed by atoms with Gasteiger partial charge in [-0.25, -0.2) is 5.43 Å². The third-order valence-electron chi connectivity index (χ3n) is 1.67. The van der Waals surface area contributed by atoms with Crippen molar-refractivity contribution in [3.05, 3.63) is 42.0 Å². The lowest BCUT2D eigenvalue weighted by Crippen LogP contribution is -2.17. The number of carbonyl (C=O) groups excluding carboxylic acids is 1. The topological polar surface area (TPSA) is 61.7 Å². The number of rotatable bonds is 3. The molecule has 1 rings (SSSR count). The number of phenolic OH excluding ortho intramolecular Hbond substituents is 1. The molecule has 2 N–H and O–H groups in total. The van der Waals surface area contributed by atoms with E-state index in [4.69, 9.17) is 0 Å². The van der Waals surface area contributed by atoms with Gasteiger partial charge in [-0.15, -0.1) is 0 Å². The summed E-state index contributed by atoms with van der Waals surface area (Å²) in [5.41, 5.74) is 2.50. The Kier molecular flexibility index (Phi) is 4.09. The molecule has 0 fully saturated rings. The van der Waals surface area contributed by atoms with E-state index in [0.717, 1.165) is 0 Å². The van der Waals surface area contributed by atoms with Gasteiger partial charge >= 0.3 is 0 Å². The van der Waals surface area contributed by atoms with Gasteiger partial charge < -0.3 is 5.11 Å². The van der Waals surface area contributed by atoms with Crippen LogP contribution in [0.15, 0.2) is 41.5 Å². The Hall–Kier alpha value is -2.10. The molecule has 0 bridgehead atoms. The summed E-state index contributed by atoms with van der Waals surface area (Å²) in [6, 6.07) is 6.29. The number of allylic oxidation sites excluding steroid dienone is 2. The molecule has 15 heavy (non-hydrogen) atoms. The van der Waals surface area contributed by atoms with E-state index in [9.17, 15) is 9.90 Å². The Labute approximate surface area is 87.9 Å². The van der Waals surface area contributed by atoms with Crippen LogP contribution in [0.5, 0.6) is 5.75 Å². The van der Waals surface area contributed by atoms with Crippen LogP contribution in [0.2, 0.25) is 0 Å². The molecule has 4 heteroatoms. The first-order valence-electron chi connectivity index (χ1n) is 4.48. The molecule has 0 saturated heterocycles. The monoisotopic (exact) mass is 204 g/mol. The van der Waals surface area contributed by atoms with E-state index in [1.54, 1.807) is 24.3 Å². The van der Waals surface area contributed by atoms with Gasteiger partial charge in [-0.05, 0) is 25.1 Å². The maximum absolute atomic E-state index is 11.4. The summed E-state index contributed by atoms with van der Waals surface area (Å²) in [5, 5.41) is 13.0. The molecule has 0 heterocycles. The minimum absolute atomic E-state index is 0.0590. The second-order valence-corrected chi connectivity index (χ2v) is 2.76. The van der Waals surface area contributed by atoms with Crippen LogP contribution in [0.25, 0.3) is 0 Å². The first-order chi connectivity index (χ1) is 7.25. The van der Waals surface area contributed by atoms with Crippen molar-refractivity contribution in [1.29, 1.82) is 0 Å². The Morgan fingerprint density at radius 1 is 1.47 bits per heavy atom. The number of hydrogen-bond acceptors (Lipinski definition) is 3. The van der Waals surface area contributed by atoms with Gasteiger partial charge in [0.25, 0.3) is 5.91 Å². The smallest absolute Gasteiger partial charge is 0.275 e. The molecule has 0 atom stereocenters. The summed E-state index contributed by atoms with van der Waals surface area (Å²) in [6.45, 7) is 1.84. The second-order valence-electron chi connectivity index (χ2n) is 2.76. The first-order valence-corrected chi connectivity index (χ1v) is 4.48. The largest absolute Gasteiger partial charge is 0.507 e. The average molecular weight is 204 g/mol. The molecule has 0 aliphatic rings. The van der Waals surface area contributed by atoms with E-state index in [1.807, 2.05) is 6.92 Å². The van der Waals surface area contributed by atoms with Crippen LogP contribution >= 0.6 is 0 Å². The summed E-state index contributed by atoms with van der Waals surface area (Å²) in [6.07, 6.45) is 4.93. The van der Waals surface area contributed by atoms with Crippen LogP contribution < -0.4 is 5.43 Å². The zero-order valence-corrected chi connectivity index (χ0v) is 8.34. The highest BCUT2D eigenvalue weighted by atomic mass is 16.3. The van der Waals surface area contributed by atoms with Crippen LogP contribution in [0.3, 0.4) is 0 Å². The molecule has 0 aliphatic carbocycles.